The molecule has 1 saturated heterocycles. The fourth-order valence-corrected chi connectivity index (χ4v) is 5.41. The number of rotatable bonds is 7. The molecule has 9 nitrogen and oxygen atoms in total. The highest BCUT2D eigenvalue weighted by Gasteiger charge is 2.43. The first-order chi connectivity index (χ1) is 16.9. The Labute approximate surface area is 199 Å². The van der Waals surface area contributed by atoms with Crippen LogP contribution in [0.25, 0.3) is 5.65 Å². The summed E-state index contributed by atoms with van der Waals surface area (Å²) < 4.78 is 50.2. The lowest BCUT2D eigenvalue weighted by molar-refractivity contribution is -0.153. The number of aromatic nitrogens is 5. The molecule has 2 aliphatic carbocycles. The van der Waals surface area contributed by atoms with Crippen molar-refractivity contribution in [2.24, 2.45) is 11.8 Å². The number of pyridine rings is 1. The van der Waals surface area contributed by atoms with Crippen molar-refractivity contribution in [3.63, 3.8) is 0 Å². The van der Waals surface area contributed by atoms with Crippen molar-refractivity contribution < 1.29 is 22.6 Å². The molecule has 12 heteroatoms. The van der Waals surface area contributed by atoms with Crippen LogP contribution in [0.4, 0.5) is 24.8 Å². The van der Waals surface area contributed by atoms with Gasteiger partial charge in [0.25, 0.3) is 0 Å². The van der Waals surface area contributed by atoms with Gasteiger partial charge in [-0.1, -0.05) is 0 Å². The summed E-state index contributed by atoms with van der Waals surface area (Å²) in [6.07, 6.45) is 1.57. The number of fused-ring (bicyclic) bond motifs is 3. The summed E-state index contributed by atoms with van der Waals surface area (Å²) in [6, 6.07) is 5.45. The van der Waals surface area contributed by atoms with E-state index < -0.39 is 12.8 Å². The summed E-state index contributed by atoms with van der Waals surface area (Å²) in [4.78, 5) is 6.88. The molecule has 1 N–H and O–H groups in total. The number of hydrogen-bond acceptors (Lipinski definition) is 8. The molecule has 0 amide bonds. The molecule has 35 heavy (non-hydrogen) atoms. The third kappa shape index (κ3) is 4.41. The van der Waals surface area contributed by atoms with Crippen LogP contribution < -0.4 is 19.7 Å². The zero-order valence-electron chi connectivity index (χ0n) is 19.2. The highest BCUT2D eigenvalue weighted by atomic mass is 19.4. The van der Waals surface area contributed by atoms with Crippen molar-refractivity contribution in [1.29, 1.82) is 0 Å². The topological polar surface area (TPSA) is 89.7 Å². The van der Waals surface area contributed by atoms with E-state index in [2.05, 4.69) is 30.5 Å². The van der Waals surface area contributed by atoms with Gasteiger partial charge < -0.3 is 19.7 Å². The predicted molar refractivity (Wildman–Crippen MR) is 121 cm³/mol. The van der Waals surface area contributed by atoms with Crippen LogP contribution in [0.15, 0.2) is 24.4 Å². The highest BCUT2D eigenvalue weighted by molar-refractivity contribution is 5.58. The van der Waals surface area contributed by atoms with E-state index in [1.165, 1.54) is 0 Å². The van der Waals surface area contributed by atoms with Crippen LogP contribution in [0.2, 0.25) is 0 Å². The summed E-state index contributed by atoms with van der Waals surface area (Å²) in [5.41, 5.74) is 2.26. The number of methoxy groups -OCH3 is 1. The number of hydrogen-bond donors (Lipinski definition) is 1. The average molecular weight is 490 g/mol. The standard InChI is InChI=1S/C23H26F3N7O2/c1-34-19-8-16(9-27-30-19)32-10-14-4-5-15(11-32)20(14)28-22-29-21-18(35-12-23(24,25)26)7-6-17(13-2-3-13)33(21)31-22/h6-9,13-15,20H,2-5,10-12H2,1H3,(H,28,31)/t14-,15+,20-. The normalized spacial score (nSPS) is 24.1. The van der Waals surface area contributed by atoms with Crippen LogP contribution in [0, 0.1) is 11.8 Å². The molecule has 3 aromatic heterocycles. The van der Waals surface area contributed by atoms with Gasteiger partial charge in [-0.25, -0.2) is 4.52 Å². The largest absolute Gasteiger partial charge is 0.480 e. The van der Waals surface area contributed by atoms with E-state index >= 15 is 0 Å². The Morgan fingerprint density at radius 3 is 2.57 bits per heavy atom. The summed E-state index contributed by atoms with van der Waals surface area (Å²) in [5.74, 6) is 2.11. The average Bonchev–Trinajstić information content (AvgIpc) is 3.55. The second-order valence-electron chi connectivity index (χ2n) is 9.60. The van der Waals surface area contributed by atoms with E-state index in [1.54, 1.807) is 30.0 Å². The molecule has 3 aliphatic rings. The van der Waals surface area contributed by atoms with Gasteiger partial charge >= 0.3 is 6.18 Å². The van der Waals surface area contributed by atoms with E-state index in [0.717, 1.165) is 50.2 Å². The molecular formula is C23H26F3N7O2. The van der Waals surface area contributed by atoms with Crippen molar-refractivity contribution in [2.75, 3.05) is 37.0 Å². The molecule has 3 aromatic rings. The fraction of sp³-hybridized carbons (Fsp3) is 0.565. The Hall–Kier alpha value is -3.31. The summed E-state index contributed by atoms with van der Waals surface area (Å²) in [7, 11) is 1.57. The maximum Gasteiger partial charge on any atom is 0.422 e. The first-order valence-corrected chi connectivity index (χ1v) is 11.9. The monoisotopic (exact) mass is 489 g/mol. The van der Waals surface area contributed by atoms with Crippen LogP contribution in [-0.4, -0.2) is 63.8 Å². The van der Waals surface area contributed by atoms with Crippen LogP contribution >= 0.6 is 0 Å². The van der Waals surface area contributed by atoms with E-state index in [4.69, 9.17) is 9.47 Å². The third-order valence-corrected chi connectivity index (χ3v) is 7.19. The van der Waals surface area contributed by atoms with Gasteiger partial charge in [0.1, 0.15) is 0 Å². The quantitative estimate of drug-likeness (QED) is 0.538. The maximum absolute atomic E-state index is 12.8. The Kier molecular flexibility index (Phi) is 5.33. The van der Waals surface area contributed by atoms with Gasteiger partial charge in [0.2, 0.25) is 11.8 Å². The predicted octanol–water partition coefficient (Wildman–Crippen LogP) is 3.67. The van der Waals surface area contributed by atoms with Crippen molar-refractivity contribution in [2.45, 2.75) is 43.8 Å². The third-order valence-electron chi connectivity index (χ3n) is 7.19. The summed E-state index contributed by atoms with van der Waals surface area (Å²) >= 11 is 0. The fourth-order valence-electron chi connectivity index (χ4n) is 5.41. The van der Waals surface area contributed by atoms with E-state index in [9.17, 15) is 13.2 Å². The Morgan fingerprint density at radius 2 is 1.89 bits per heavy atom. The van der Waals surface area contributed by atoms with Crippen molar-refractivity contribution >= 4 is 17.3 Å². The lowest BCUT2D eigenvalue weighted by Gasteiger charge is -2.39. The molecule has 0 spiro atoms. The number of nitrogens with one attached hydrogen (secondary N) is 1. The zero-order chi connectivity index (χ0) is 24.2. The van der Waals surface area contributed by atoms with Crippen molar-refractivity contribution in [3.8, 4) is 11.6 Å². The summed E-state index contributed by atoms with van der Waals surface area (Å²) in [6.45, 7) is 0.339. The first-order valence-electron chi connectivity index (χ1n) is 11.9. The lowest BCUT2D eigenvalue weighted by atomic mass is 9.92. The Balaban J connectivity index is 1.23. The molecule has 186 valence electrons. The van der Waals surface area contributed by atoms with Gasteiger partial charge in [0, 0.05) is 36.8 Å². The molecule has 0 aromatic carbocycles. The summed E-state index contributed by atoms with van der Waals surface area (Å²) in [5, 5.41) is 16.2. The lowest BCUT2D eigenvalue weighted by Crippen LogP contribution is -2.48. The number of alkyl halides is 3. The second-order valence-corrected chi connectivity index (χ2v) is 9.60. The van der Waals surface area contributed by atoms with E-state index in [-0.39, 0.29) is 11.8 Å². The molecule has 3 fully saturated rings. The first kappa shape index (κ1) is 22.2. The number of nitrogens with zero attached hydrogens (tertiary/aromatic N) is 6. The van der Waals surface area contributed by atoms with Gasteiger partial charge in [0.05, 0.1) is 19.0 Å². The zero-order valence-corrected chi connectivity index (χ0v) is 19.2. The highest BCUT2D eigenvalue weighted by Crippen LogP contribution is 2.42. The molecule has 0 radical (unpaired) electrons. The van der Waals surface area contributed by atoms with Crippen LogP contribution in [0.5, 0.6) is 11.6 Å². The SMILES string of the molecule is COc1cc(N2C[C@H]3CC[C@@H](C2)[C@@H]3Nc2nc3c(OCC(F)(F)F)ccc(C4CC4)n3n2)cnn1. The molecule has 0 unspecified atom stereocenters. The number of piperidine rings is 1. The molecule has 2 bridgehead atoms. The molecular weight excluding hydrogens is 463 g/mol. The van der Waals surface area contributed by atoms with E-state index in [1.807, 2.05) is 6.07 Å². The molecule has 4 heterocycles. The molecule has 1 aliphatic heterocycles. The van der Waals surface area contributed by atoms with Crippen LogP contribution in [0.1, 0.15) is 37.3 Å². The van der Waals surface area contributed by atoms with Gasteiger partial charge in [-0.05, 0) is 49.7 Å². The minimum absolute atomic E-state index is 0.0872. The van der Waals surface area contributed by atoms with Gasteiger partial charge in [-0.3, -0.25) is 0 Å². The van der Waals surface area contributed by atoms with Crippen LogP contribution in [-0.2, 0) is 0 Å². The van der Waals surface area contributed by atoms with Gasteiger partial charge in [-0.15, -0.1) is 10.2 Å². The Bertz CT molecular complexity index is 1220. The number of ether oxygens (including phenoxy) is 2. The number of halogens is 3. The number of anilines is 2. The smallest absolute Gasteiger partial charge is 0.422 e. The Morgan fingerprint density at radius 1 is 1.11 bits per heavy atom. The van der Waals surface area contributed by atoms with E-state index in [0.29, 0.717) is 35.2 Å². The van der Waals surface area contributed by atoms with Gasteiger partial charge in [0.15, 0.2) is 18.0 Å². The van der Waals surface area contributed by atoms with Gasteiger partial charge in [-0.2, -0.15) is 23.3 Å². The van der Waals surface area contributed by atoms with Crippen molar-refractivity contribution in [1.82, 2.24) is 24.8 Å². The second kappa shape index (κ2) is 8.42. The van der Waals surface area contributed by atoms with Crippen molar-refractivity contribution in [3.05, 3.63) is 30.1 Å². The minimum atomic E-state index is -4.42. The van der Waals surface area contributed by atoms with Crippen LogP contribution in [0.3, 0.4) is 0 Å². The maximum atomic E-state index is 12.8. The molecule has 6 rings (SSSR count). The minimum Gasteiger partial charge on any atom is -0.480 e. The molecule has 3 atom stereocenters. The molecule has 2 saturated carbocycles.